The molecular formula is C21H17F5N4O6S. The van der Waals surface area contributed by atoms with E-state index in [0.29, 0.717) is 10.8 Å². The maximum absolute atomic E-state index is 13.7. The molecule has 0 fully saturated rings. The summed E-state index contributed by atoms with van der Waals surface area (Å²) in [6.45, 7) is -1.48. The highest BCUT2D eigenvalue weighted by atomic mass is 32.2. The number of nitrogens with one attached hydrogen (secondary N) is 1. The van der Waals surface area contributed by atoms with Crippen LogP contribution in [0.1, 0.15) is 33.6 Å². The van der Waals surface area contributed by atoms with Gasteiger partial charge in [-0.3, -0.25) is 9.78 Å². The Morgan fingerprint density at radius 2 is 1.89 bits per heavy atom. The lowest BCUT2D eigenvalue weighted by Crippen LogP contribution is -2.33. The molecule has 1 aliphatic rings. The lowest BCUT2D eigenvalue weighted by molar-refractivity contribution is -0.287. The number of aromatic nitrogens is 3. The lowest BCUT2D eigenvalue weighted by Gasteiger charge is -2.18. The number of carbonyl (C=O) groups excluding carboxylic acids is 1. The molecule has 1 amide bonds. The minimum Gasteiger partial charge on any atom is -0.395 e. The van der Waals surface area contributed by atoms with Crippen LogP contribution in [0.25, 0.3) is 0 Å². The molecule has 2 aromatic heterocycles. The molecule has 16 heteroatoms. The van der Waals surface area contributed by atoms with Gasteiger partial charge < -0.3 is 24.5 Å². The molecule has 4 rings (SSSR count). The SMILES string of the molecule is CS(=O)(=O)c1ccc([C@H](CO)NC(=O)c2cnc(C(F)(F)F)n2Cc2cccc3c2OC(F)(F)O3)nc1. The smallest absolute Gasteiger partial charge is 0.395 e. The molecule has 37 heavy (non-hydrogen) atoms. The second kappa shape index (κ2) is 9.26. The van der Waals surface area contributed by atoms with Crippen LogP contribution >= 0.6 is 0 Å². The standard InChI is InChI=1S/C21H17F5N4O6S/c1-37(33,34)12-5-6-13(27-7-12)14(10-31)29-18(32)15-8-28-19(20(22,23)24)30(15)9-11-3-2-4-16-17(11)36-21(25,26)35-16/h2-8,14,31H,9-10H2,1H3,(H,29,32)/t14-/m0/s1. The van der Waals surface area contributed by atoms with Gasteiger partial charge in [0.15, 0.2) is 21.3 Å². The zero-order chi connectivity index (χ0) is 27.2. The van der Waals surface area contributed by atoms with Crippen LogP contribution in [0.2, 0.25) is 0 Å². The van der Waals surface area contributed by atoms with E-state index in [-0.39, 0.29) is 16.2 Å². The number of aliphatic hydroxyl groups is 1. The molecule has 198 valence electrons. The van der Waals surface area contributed by atoms with Gasteiger partial charge in [0.2, 0.25) is 5.82 Å². The predicted molar refractivity (Wildman–Crippen MR) is 114 cm³/mol. The second-order valence-electron chi connectivity index (χ2n) is 7.86. The van der Waals surface area contributed by atoms with Gasteiger partial charge in [0.05, 0.1) is 36.0 Å². The van der Waals surface area contributed by atoms with Crippen molar-refractivity contribution in [3.05, 3.63) is 65.5 Å². The van der Waals surface area contributed by atoms with E-state index >= 15 is 0 Å². The highest BCUT2D eigenvalue weighted by molar-refractivity contribution is 7.90. The molecule has 1 atom stereocenters. The Labute approximate surface area is 205 Å². The van der Waals surface area contributed by atoms with Crippen molar-refractivity contribution in [3.63, 3.8) is 0 Å². The number of imidazole rings is 1. The van der Waals surface area contributed by atoms with Crippen LogP contribution < -0.4 is 14.8 Å². The van der Waals surface area contributed by atoms with E-state index in [1.54, 1.807) is 0 Å². The first kappa shape index (κ1) is 26.3. The molecule has 3 heterocycles. The van der Waals surface area contributed by atoms with E-state index in [2.05, 4.69) is 24.8 Å². The lowest BCUT2D eigenvalue weighted by atomic mass is 10.1. The Bertz CT molecular complexity index is 1440. The number of pyridine rings is 1. The normalized spacial score (nSPS) is 15.4. The van der Waals surface area contributed by atoms with E-state index in [4.69, 9.17) is 0 Å². The van der Waals surface area contributed by atoms with Crippen molar-refractivity contribution in [2.75, 3.05) is 12.9 Å². The molecule has 3 aromatic rings. The molecule has 1 aliphatic heterocycles. The van der Waals surface area contributed by atoms with Gasteiger partial charge in [0, 0.05) is 18.0 Å². The summed E-state index contributed by atoms with van der Waals surface area (Å²) in [6.07, 6.45) is -6.44. The molecule has 0 bridgehead atoms. The topological polar surface area (TPSA) is 133 Å². The third-order valence-corrected chi connectivity index (χ3v) is 6.31. The number of rotatable bonds is 7. The van der Waals surface area contributed by atoms with Crippen LogP contribution in [0, 0.1) is 0 Å². The number of amides is 1. The van der Waals surface area contributed by atoms with Crippen molar-refractivity contribution in [2.45, 2.75) is 30.0 Å². The quantitative estimate of drug-likeness (QED) is 0.431. The molecular weight excluding hydrogens is 531 g/mol. The highest BCUT2D eigenvalue weighted by Crippen LogP contribution is 2.44. The number of ether oxygens (including phenoxy) is 2. The second-order valence-corrected chi connectivity index (χ2v) is 9.88. The Balaban J connectivity index is 1.66. The number of alkyl halides is 5. The number of benzene rings is 1. The number of sulfone groups is 1. The maximum atomic E-state index is 13.7. The predicted octanol–water partition coefficient (Wildman–Crippen LogP) is 2.53. The number of aliphatic hydroxyl groups excluding tert-OH is 1. The fourth-order valence-corrected chi connectivity index (χ4v) is 4.09. The number of nitrogens with zero attached hydrogens (tertiary/aromatic N) is 3. The summed E-state index contributed by atoms with van der Waals surface area (Å²) in [7, 11) is -3.57. The molecule has 0 saturated carbocycles. The number of hydrogen-bond donors (Lipinski definition) is 2. The number of halogens is 5. The monoisotopic (exact) mass is 548 g/mol. The summed E-state index contributed by atoms with van der Waals surface area (Å²) in [5, 5.41) is 12.0. The highest BCUT2D eigenvalue weighted by Gasteiger charge is 2.45. The first-order chi connectivity index (χ1) is 17.2. The van der Waals surface area contributed by atoms with Crippen LogP contribution in [0.5, 0.6) is 11.5 Å². The van der Waals surface area contributed by atoms with Gasteiger partial charge >= 0.3 is 12.5 Å². The average Bonchev–Trinajstić information content (AvgIpc) is 3.37. The van der Waals surface area contributed by atoms with E-state index in [1.165, 1.54) is 24.3 Å². The molecule has 0 aliphatic carbocycles. The minimum atomic E-state index is -5.02. The summed E-state index contributed by atoms with van der Waals surface area (Å²) in [5.41, 5.74) is -0.732. The van der Waals surface area contributed by atoms with Crippen LogP contribution in [-0.4, -0.2) is 53.1 Å². The summed E-state index contributed by atoms with van der Waals surface area (Å²) in [5.74, 6) is -3.49. The van der Waals surface area contributed by atoms with Crippen molar-refractivity contribution in [3.8, 4) is 11.5 Å². The van der Waals surface area contributed by atoms with Gasteiger partial charge in [0.1, 0.15) is 5.69 Å². The van der Waals surface area contributed by atoms with Crippen molar-refractivity contribution < 1.29 is 49.7 Å². The van der Waals surface area contributed by atoms with Gasteiger partial charge in [-0.1, -0.05) is 12.1 Å². The third kappa shape index (κ3) is 5.48. The van der Waals surface area contributed by atoms with Crippen LogP contribution in [0.4, 0.5) is 22.0 Å². The van der Waals surface area contributed by atoms with Gasteiger partial charge in [-0.05, 0) is 18.2 Å². The number of fused-ring (bicyclic) bond motifs is 1. The number of para-hydroxylation sites is 1. The molecule has 0 spiro atoms. The van der Waals surface area contributed by atoms with Gasteiger partial charge in [-0.25, -0.2) is 13.4 Å². The first-order valence-electron chi connectivity index (χ1n) is 10.3. The molecule has 0 unspecified atom stereocenters. The maximum Gasteiger partial charge on any atom is 0.586 e. The van der Waals surface area contributed by atoms with Crippen molar-refractivity contribution in [2.24, 2.45) is 0 Å². The largest absolute Gasteiger partial charge is 0.586 e. The van der Waals surface area contributed by atoms with Gasteiger partial charge in [0.25, 0.3) is 5.91 Å². The molecule has 1 aromatic carbocycles. The van der Waals surface area contributed by atoms with E-state index in [9.17, 15) is 40.3 Å². The first-order valence-corrected chi connectivity index (χ1v) is 12.2. The van der Waals surface area contributed by atoms with Crippen LogP contribution in [-0.2, 0) is 22.6 Å². The van der Waals surface area contributed by atoms with Crippen molar-refractivity contribution in [1.29, 1.82) is 0 Å². The van der Waals surface area contributed by atoms with E-state index in [1.807, 2.05) is 0 Å². The number of hydrogen-bond acceptors (Lipinski definition) is 8. The average molecular weight is 548 g/mol. The van der Waals surface area contributed by atoms with Gasteiger partial charge in [-0.2, -0.15) is 13.2 Å². The fourth-order valence-electron chi connectivity index (χ4n) is 3.53. The Morgan fingerprint density at radius 3 is 2.49 bits per heavy atom. The third-order valence-electron chi connectivity index (χ3n) is 5.21. The molecule has 0 radical (unpaired) electrons. The van der Waals surface area contributed by atoms with Crippen molar-refractivity contribution in [1.82, 2.24) is 19.9 Å². The Kier molecular flexibility index (Phi) is 6.58. The van der Waals surface area contributed by atoms with Crippen LogP contribution in [0.3, 0.4) is 0 Å². The van der Waals surface area contributed by atoms with Gasteiger partial charge in [-0.15, -0.1) is 8.78 Å². The zero-order valence-corrected chi connectivity index (χ0v) is 19.5. The Morgan fingerprint density at radius 1 is 1.16 bits per heavy atom. The summed E-state index contributed by atoms with van der Waals surface area (Å²) in [6, 6.07) is 4.80. The fraction of sp³-hybridized carbons (Fsp3) is 0.286. The minimum absolute atomic E-state index is 0.0269. The molecule has 0 saturated heterocycles. The Hall–Kier alpha value is -3.79. The molecule has 10 nitrogen and oxygen atoms in total. The van der Waals surface area contributed by atoms with E-state index < -0.39 is 70.4 Å². The summed E-state index contributed by atoms with van der Waals surface area (Å²) in [4.78, 5) is 20.0. The summed E-state index contributed by atoms with van der Waals surface area (Å²) >= 11 is 0. The van der Waals surface area contributed by atoms with E-state index in [0.717, 1.165) is 18.5 Å². The summed E-state index contributed by atoms with van der Waals surface area (Å²) < 4.78 is 100. The molecule has 2 N–H and O–H groups in total. The van der Waals surface area contributed by atoms with Crippen LogP contribution in [0.15, 0.2) is 47.6 Å². The number of carbonyl (C=O) groups is 1. The zero-order valence-electron chi connectivity index (χ0n) is 18.7. The van der Waals surface area contributed by atoms with Crippen molar-refractivity contribution >= 4 is 15.7 Å².